The van der Waals surface area contributed by atoms with E-state index in [1.54, 1.807) is 0 Å². The van der Waals surface area contributed by atoms with Crippen LogP contribution in [0.5, 0.6) is 0 Å². The normalized spacial score (nSPS) is 11.2. The summed E-state index contributed by atoms with van der Waals surface area (Å²) in [6.07, 6.45) is 1.97. The van der Waals surface area contributed by atoms with E-state index in [4.69, 9.17) is 0 Å². The van der Waals surface area contributed by atoms with E-state index < -0.39 is 0 Å². The molecule has 0 aliphatic rings. The number of unbranched alkanes of at least 4 members (excludes halogenated alkanes) is 1. The molecule has 3 nitrogen and oxygen atoms in total. The molecule has 0 saturated carbocycles. The maximum atomic E-state index is 12.9. The van der Waals surface area contributed by atoms with E-state index in [0.717, 1.165) is 19.4 Å². The monoisotopic (exact) mass is 344 g/mol. The molecule has 20 heavy (non-hydrogen) atoms. The van der Waals surface area contributed by atoms with Crippen LogP contribution in [0.1, 0.15) is 37.0 Å². The van der Waals surface area contributed by atoms with Crippen LogP contribution < -0.4 is 5.32 Å². The van der Waals surface area contributed by atoms with Gasteiger partial charge < -0.3 is 10.2 Å². The minimum atomic E-state index is -0.356. The van der Waals surface area contributed by atoms with Crippen LogP contribution >= 0.6 is 15.9 Å². The van der Waals surface area contributed by atoms with Crippen molar-refractivity contribution in [1.29, 1.82) is 0 Å². The van der Waals surface area contributed by atoms with E-state index in [0.29, 0.717) is 22.6 Å². The lowest BCUT2D eigenvalue weighted by atomic mass is 10.2. The Balaban J connectivity index is 2.30. The van der Waals surface area contributed by atoms with Gasteiger partial charge in [-0.2, -0.15) is 0 Å². The topological polar surface area (TPSA) is 32.3 Å². The largest absolute Gasteiger partial charge is 0.352 e. The number of nitrogens with one attached hydrogen (secondary N) is 1. The zero-order valence-corrected chi connectivity index (χ0v) is 13.8. The molecule has 1 N–H and O–H groups in total. The standard InChI is InChI=1S/C15H22BrFN2O/c1-11(2)19(3)9-5-4-8-18-15(20)13-7-6-12(17)10-14(13)16/h6-7,10-11H,4-5,8-9H2,1-3H3,(H,18,20). The Labute approximate surface area is 128 Å². The predicted molar refractivity (Wildman–Crippen MR) is 83.4 cm³/mol. The fourth-order valence-corrected chi connectivity index (χ4v) is 2.25. The molecule has 0 aliphatic heterocycles. The van der Waals surface area contributed by atoms with Gasteiger partial charge in [0.1, 0.15) is 5.82 Å². The van der Waals surface area contributed by atoms with Gasteiger partial charge in [0.25, 0.3) is 5.91 Å². The SMILES string of the molecule is CC(C)N(C)CCCCNC(=O)c1ccc(F)cc1Br. The summed E-state index contributed by atoms with van der Waals surface area (Å²) >= 11 is 3.20. The minimum absolute atomic E-state index is 0.172. The number of hydrogen-bond donors (Lipinski definition) is 1. The molecule has 5 heteroatoms. The van der Waals surface area contributed by atoms with Crippen LogP contribution in [-0.2, 0) is 0 Å². The van der Waals surface area contributed by atoms with Crippen molar-refractivity contribution in [2.45, 2.75) is 32.7 Å². The van der Waals surface area contributed by atoms with Gasteiger partial charge in [-0.25, -0.2) is 4.39 Å². The van der Waals surface area contributed by atoms with Gasteiger partial charge in [-0.15, -0.1) is 0 Å². The highest BCUT2D eigenvalue weighted by atomic mass is 79.9. The van der Waals surface area contributed by atoms with E-state index in [-0.39, 0.29) is 11.7 Å². The smallest absolute Gasteiger partial charge is 0.252 e. The fourth-order valence-electron chi connectivity index (χ4n) is 1.72. The lowest BCUT2D eigenvalue weighted by Gasteiger charge is -2.20. The van der Waals surface area contributed by atoms with Crippen LogP contribution in [0.3, 0.4) is 0 Å². The van der Waals surface area contributed by atoms with Crippen LogP contribution in [0.2, 0.25) is 0 Å². The molecule has 0 radical (unpaired) electrons. The van der Waals surface area contributed by atoms with Crippen LogP contribution in [0.15, 0.2) is 22.7 Å². The number of rotatable bonds is 7. The predicted octanol–water partition coefficient (Wildman–Crippen LogP) is 3.44. The van der Waals surface area contributed by atoms with Crippen LogP contribution in [0.4, 0.5) is 4.39 Å². The maximum absolute atomic E-state index is 12.9. The summed E-state index contributed by atoms with van der Waals surface area (Å²) < 4.78 is 13.4. The summed E-state index contributed by atoms with van der Waals surface area (Å²) in [7, 11) is 2.10. The average Bonchev–Trinajstić information content (AvgIpc) is 2.37. The first-order chi connectivity index (χ1) is 9.41. The highest BCUT2D eigenvalue weighted by Crippen LogP contribution is 2.17. The van der Waals surface area contributed by atoms with Gasteiger partial charge in [0.2, 0.25) is 0 Å². The third-order valence-electron chi connectivity index (χ3n) is 3.28. The molecule has 0 fully saturated rings. The molecular formula is C15H22BrFN2O. The molecule has 0 spiro atoms. The Morgan fingerprint density at radius 3 is 2.70 bits per heavy atom. The number of benzene rings is 1. The van der Waals surface area contributed by atoms with E-state index in [2.05, 4.69) is 47.0 Å². The Hall–Kier alpha value is -0.940. The molecule has 0 aliphatic carbocycles. The Kier molecular flexibility index (Phi) is 7.16. The lowest BCUT2D eigenvalue weighted by Crippen LogP contribution is -2.29. The summed E-state index contributed by atoms with van der Waals surface area (Å²) in [5.74, 6) is -0.528. The molecule has 112 valence electrons. The number of carbonyl (C=O) groups excluding carboxylic acids is 1. The van der Waals surface area contributed by atoms with Crippen LogP contribution in [0.25, 0.3) is 0 Å². The van der Waals surface area contributed by atoms with Gasteiger partial charge in [-0.05, 0) is 74.4 Å². The van der Waals surface area contributed by atoms with Crippen molar-refractivity contribution in [2.75, 3.05) is 20.1 Å². The highest BCUT2D eigenvalue weighted by Gasteiger charge is 2.10. The van der Waals surface area contributed by atoms with Crippen molar-refractivity contribution in [3.63, 3.8) is 0 Å². The van der Waals surface area contributed by atoms with Crippen LogP contribution in [0, 0.1) is 5.82 Å². The second-order valence-corrected chi connectivity index (χ2v) is 6.02. The lowest BCUT2D eigenvalue weighted by molar-refractivity contribution is 0.0951. The summed E-state index contributed by atoms with van der Waals surface area (Å²) in [6.45, 7) is 5.98. The molecule has 0 atom stereocenters. The molecule has 0 heterocycles. The Morgan fingerprint density at radius 1 is 1.40 bits per heavy atom. The van der Waals surface area contributed by atoms with E-state index in [1.807, 2.05) is 0 Å². The quantitative estimate of drug-likeness (QED) is 0.768. The summed E-state index contributed by atoms with van der Waals surface area (Å²) in [5, 5.41) is 2.85. The molecule has 1 rings (SSSR count). The summed E-state index contributed by atoms with van der Waals surface area (Å²) in [6, 6.07) is 4.62. The molecule has 0 bridgehead atoms. The number of hydrogen-bond acceptors (Lipinski definition) is 2. The van der Waals surface area contributed by atoms with Crippen molar-refractivity contribution in [3.05, 3.63) is 34.1 Å². The van der Waals surface area contributed by atoms with Crippen LogP contribution in [-0.4, -0.2) is 37.0 Å². The van der Waals surface area contributed by atoms with Crippen molar-refractivity contribution in [2.24, 2.45) is 0 Å². The molecule has 0 unspecified atom stereocenters. The van der Waals surface area contributed by atoms with Gasteiger partial charge in [-0.3, -0.25) is 4.79 Å². The Bertz CT molecular complexity index is 451. The fraction of sp³-hybridized carbons (Fsp3) is 0.533. The molecular weight excluding hydrogens is 323 g/mol. The Morgan fingerprint density at radius 2 is 2.10 bits per heavy atom. The van der Waals surface area contributed by atoms with Gasteiger partial charge in [0.05, 0.1) is 5.56 Å². The van der Waals surface area contributed by atoms with Gasteiger partial charge in [0, 0.05) is 17.1 Å². The van der Waals surface area contributed by atoms with Crippen molar-refractivity contribution >= 4 is 21.8 Å². The van der Waals surface area contributed by atoms with E-state index >= 15 is 0 Å². The van der Waals surface area contributed by atoms with E-state index in [1.165, 1.54) is 18.2 Å². The number of halogens is 2. The molecule has 1 aromatic carbocycles. The number of amides is 1. The molecule has 0 aromatic heterocycles. The first-order valence-corrected chi connectivity index (χ1v) is 7.64. The first kappa shape index (κ1) is 17.1. The zero-order chi connectivity index (χ0) is 15.1. The average molecular weight is 345 g/mol. The third-order valence-corrected chi connectivity index (χ3v) is 3.94. The number of carbonyl (C=O) groups is 1. The highest BCUT2D eigenvalue weighted by molar-refractivity contribution is 9.10. The van der Waals surface area contributed by atoms with Crippen molar-refractivity contribution < 1.29 is 9.18 Å². The maximum Gasteiger partial charge on any atom is 0.252 e. The third kappa shape index (κ3) is 5.59. The minimum Gasteiger partial charge on any atom is -0.352 e. The summed E-state index contributed by atoms with van der Waals surface area (Å²) in [4.78, 5) is 14.2. The first-order valence-electron chi connectivity index (χ1n) is 6.85. The molecule has 1 aromatic rings. The second kappa shape index (κ2) is 8.37. The van der Waals surface area contributed by atoms with Gasteiger partial charge >= 0.3 is 0 Å². The van der Waals surface area contributed by atoms with Crippen molar-refractivity contribution in [3.8, 4) is 0 Å². The number of nitrogens with zero attached hydrogens (tertiary/aromatic N) is 1. The van der Waals surface area contributed by atoms with E-state index in [9.17, 15) is 9.18 Å². The second-order valence-electron chi connectivity index (χ2n) is 5.16. The van der Waals surface area contributed by atoms with Crippen molar-refractivity contribution in [1.82, 2.24) is 10.2 Å². The van der Waals surface area contributed by atoms with Gasteiger partial charge in [0.15, 0.2) is 0 Å². The zero-order valence-electron chi connectivity index (χ0n) is 12.2. The van der Waals surface area contributed by atoms with Gasteiger partial charge in [-0.1, -0.05) is 0 Å². The molecule has 0 saturated heterocycles. The molecule has 1 amide bonds. The summed E-state index contributed by atoms with van der Waals surface area (Å²) in [5.41, 5.74) is 0.464.